The molecule has 0 saturated heterocycles. The van der Waals surface area contributed by atoms with Crippen LogP contribution in [-0.4, -0.2) is 0 Å². The third-order valence-electron chi connectivity index (χ3n) is 3.70. The molecule has 0 heterocycles. The van der Waals surface area contributed by atoms with Gasteiger partial charge in [-0.05, 0) is 43.4 Å². The van der Waals surface area contributed by atoms with Crippen LogP contribution in [0.2, 0.25) is 0 Å². The highest BCUT2D eigenvalue weighted by molar-refractivity contribution is 5.16. The van der Waals surface area contributed by atoms with Crippen molar-refractivity contribution in [3.8, 4) is 0 Å². The summed E-state index contributed by atoms with van der Waals surface area (Å²) in [6.07, 6.45) is 18.1. The van der Waals surface area contributed by atoms with E-state index in [4.69, 9.17) is 0 Å². The first kappa shape index (κ1) is 9.76. The molecule has 0 amide bonds. The van der Waals surface area contributed by atoms with Crippen molar-refractivity contribution in [2.24, 2.45) is 17.8 Å². The van der Waals surface area contributed by atoms with E-state index < -0.39 is 0 Å². The summed E-state index contributed by atoms with van der Waals surface area (Å²) < 4.78 is 0. The van der Waals surface area contributed by atoms with Gasteiger partial charge in [-0.2, -0.15) is 0 Å². The van der Waals surface area contributed by atoms with E-state index in [1.165, 1.54) is 32.1 Å². The Kier molecular flexibility index (Phi) is 3.23. The Morgan fingerprint density at radius 1 is 1.21 bits per heavy atom. The van der Waals surface area contributed by atoms with Gasteiger partial charge < -0.3 is 0 Å². The molecule has 0 bridgehead atoms. The highest BCUT2D eigenvalue weighted by atomic mass is 14.3. The van der Waals surface area contributed by atoms with Gasteiger partial charge in [0.2, 0.25) is 0 Å². The molecule has 3 atom stereocenters. The molecule has 2 rings (SSSR count). The molecular weight excluding hydrogens is 168 g/mol. The molecule has 14 heavy (non-hydrogen) atoms. The Morgan fingerprint density at radius 2 is 2.07 bits per heavy atom. The fraction of sp³-hybridized carbons (Fsp3) is 0.571. The lowest BCUT2D eigenvalue weighted by Crippen LogP contribution is -2.26. The lowest BCUT2D eigenvalue weighted by atomic mass is 9.69. The van der Waals surface area contributed by atoms with Crippen molar-refractivity contribution >= 4 is 0 Å². The Hall–Kier alpha value is -0.780. The largest absolute Gasteiger partial charge is 0.103 e. The molecule has 3 unspecified atom stereocenters. The topological polar surface area (TPSA) is 0 Å². The number of allylic oxidation sites excluding steroid dienone is 5. The van der Waals surface area contributed by atoms with Gasteiger partial charge in [0.15, 0.2) is 0 Å². The summed E-state index contributed by atoms with van der Waals surface area (Å²) in [4.78, 5) is 0. The monoisotopic (exact) mass is 188 g/mol. The molecule has 0 spiro atoms. The van der Waals surface area contributed by atoms with Crippen LogP contribution in [0.4, 0.5) is 0 Å². The van der Waals surface area contributed by atoms with E-state index >= 15 is 0 Å². The van der Waals surface area contributed by atoms with E-state index in [9.17, 15) is 0 Å². The van der Waals surface area contributed by atoms with Crippen LogP contribution in [0.1, 0.15) is 32.1 Å². The first-order valence-electron chi connectivity index (χ1n) is 5.87. The van der Waals surface area contributed by atoms with Gasteiger partial charge in [-0.15, -0.1) is 6.58 Å². The van der Waals surface area contributed by atoms with Crippen LogP contribution in [0.15, 0.2) is 37.0 Å². The summed E-state index contributed by atoms with van der Waals surface area (Å²) in [5.41, 5.74) is 0. The van der Waals surface area contributed by atoms with Crippen molar-refractivity contribution in [1.29, 1.82) is 0 Å². The van der Waals surface area contributed by atoms with Crippen molar-refractivity contribution in [3.63, 3.8) is 0 Å². The molecule has 0 aromatic carbocycles. The zero-order chi connectivity index (χ0) is 9.80. The smallest absolute Gasteiger partial charge is 0.0139 e. The minimum absolute atomic E-state index is 0.827. The third kappa shape index (κ3) is 2.00. The zero-order valence-corrected chi connectivity index (χ0v) is 8.86. The van der Waals surface area contributed by atoms with Crippen LogP contribution in [0.25, 0.3) is 0 Å². The van der Waals surface area contributed by atoms with Crippen molar-refractivity contribution in [2.75, 3.05) is 0 Å². The lowest BCUT2D eigenvalue weighted by molar-refractivity contribution is 0.217. The predicted octanol–water partition coefficient (Wildman–Crippen LogP) is 4.11. The molecule has 0 nitrogen and oxygen atoms in total. The third-order valence-corrected chi connectivity index (χ3v) is 3.70. The number of hydrogen-bond acceptors (Lipinski definition) is 0. The molecular formula is C14H20. The minimum Gasteiger partial charge on any atom is -0.103 e. The fourth-order valence-electron chi connectivity index (χ4n) is 2.94. The second-order valence-electron chi connectivity index (χ2n) is 4.57. The number of rotatable bonds is 3. The van der Waals surface area contributed by atoms with Crippen LogP contribution >= 0.6 is 0 Å². The highest BCUT2D eigenvalue weighted by Crippen LogP contribution is 2.40. The van der Waals surface area contributed by atoms with Gasteiger partial charge in [0.05, 0.1) is 0 Å². The number of hydrogen-bond donors (Lipinski definition) is 0. The molecule has 0 N–H and O–H groups in total. The van der Waals surface area contributed by atoms with Crippen molar-refractivity contribution in [2.45, 2.75) is 32.1 Å². The molecule has 2 aliphatic rings. The van der Waals surface area contributed by atoms with Gasteiger partial charge >= 0.3 is 0 Å². The molecule has 2 aliphatic carbocycles. The summed E-state index contributed by atoms with van der Waals surface area (Å²) in [5, 5.41) is 0. The van der Waals surface area contributed by atoms with Crippen LogP contribution in [-0.2, 0) is 0 Å². The van der Waals surface area contributed by atoms with Gasteiger partial charge in [-0.1, -0.05) is 36.8 Å². The van der Waals surface area contributed by atoms with E-state index in [-0.39, 0.29) is 0 Å². The van der Waals surface area contributed by atoms with E-state index in [1.54, 1.807) is 0 Å². The Bertz CT molecular complexity index is 247. The fourth-order valence-corrected chi connectivity index (χ4v) is 2.94. The first-order valence-corrected chi connectivity index (χ1v) is 5.87. The molecule has 0 radical (unpaired) electrons. The van der Waals surface area contributed by atoms with E-state index in [0.29, 0.717) is 0 Å². The maximum atomic E-state index is 3.82. The maximum Gasteiger partial charge on any atom is -0.0139 e. The van der Waals surface area contributed by atoms with Gasteiger partial charge in [-0.25, -0.2) is 0 Å². The maximum absolute atomic E-state index is 3.82. The molecule has 76 valence electrons. The Labute approximate surface area is 87.4 Å². The molecule has 1 fully saturated rings. The van der Waals surface area contributed by atoms with E-state index in [1.807, 2.05) is 0 Å². The first-order chi connectivity index (χ1) is 6.92. The molecule has 0 aromatic heterocycles. The van der Waals surface area contributed by atoms with Gasteiger partial charge in [0, 0.05) is 0 Å². The summed E-state index contributed by atoms with van der Waals surface area (Å²) in [5.74, 6) is 2.57. The summed E-state index contributed by atoms with van der Waals surface area (Å²) in [6, 6.07) is 0. The molecule has 0 heteroatoms. The van der Waals surface area contributed by atoms with Crippen molar-refractivity contribution in [3.05, 3.63) is 37.0 Å². The lowest BCUT2D eigenvalue weighted by Gasteiger charge is -2.36. The van der Waals surface area contributed by atoms with Gasteiger partial charge in [-0.3, -0.25) is 0 Å². The summed E-state index contributed by atoms with van der Waals surface area (Å²) in [6.45, 7) is 3.82. The second kappa shape index (κ2) is 4.63. The van der Waals surface area contributed by atoms with Crippen molar-refractivity contribution < 1.29 is 0 Å². The Balaban J connectivity index is 1.99. The Morgan fingerprint density at radius 3 is 2.93 bits per heavy atom. The van der Waals surface area contributed by atoms with Crippen LogP contribution in [0, 0.1) is 17.8 Å². The van der Waals surface area contributed by atoms with Crippen LogP contribution in [0.5, 0.6) is 0 Å². The number of fused-ring (bicyclic) bond motifs is 1. The van der Waals surface area contributed by atoms with E-state index in [2.05, 4.69) is 37.0 Å². The van der Waals surface area contributed by atoms with Crippen LogP contribution < -0.4 is 0 Å². The average Bonchev–Trinajstić information content (AvgIpc) is 2.26. The van der Waals surface area contributed by atoms with Crippen molar-refractivity contribution in [1.82, 2.24) is 0 Å². The molecule has 0 aromatic rings. The predicted molar refractivity (Wildman–Crippen MR) is 62.0 cm³/mol. The standard InChI is InChI=1S/C14H20/c1-2-3-7-12-9-6-10-13-8-4-5-11-14(12)13/h2,4-5,8,11-14H,1,3,6-7,9-10H2. The highest BCUT2D eigenvalue weighted by Gasteiger charge is 2.30. The summed E-state index contributed by atoms with van der Waals surface area (Å²) in [7, 11) is 0. The second-order valence-corrected chi connectivity index (χ2v) is 4.57. The van der Waals surface area contributed by atoms with Gasteiger partial charge in [0.1, 0.15) is 0 Å². The molecule has 0 aliphatic heterocycles. The average molecular weight is 188 g/mol. The minimum atomic E-state index is 0.827. The normalized spacial score (nSPS) is 35.3. The summed E-state index contributed by atoms with van der Waals surface area (Å²) >= 11 is 0. The quantitative estimate of drug-likeness (QED) is 0.585. The SMILES string of the molecule is C=CCCC1CCCC2C=CC=CC21. The zero-order valence-electron chi connectivity index (χ0n) is 8.86. The molecule has 1 saturated carbocycles. The van der Waals surface area contributed by atoms with E-state index in [0.717, 1.165) is 17.8 Å². The van der Waals surface area contributed by atoms with Crippen LogP contribution in [0.3, 0.4) is 0 Å². The van der Waals surface area contributed by atoms with Gasteiger partial charge in [0.25, 0.3) is 0 Å².